The summed E-state index contributed by atoms with van der Waals surface area (Å²) in [5.41, 5.74) is 1.02. The fraction of sp³-hybridized carbons (Fsp3) is 0.600. The Morgan fingerprint density at radius 1 is 0.824 bits per heavy atom. The van der Waals surface area contributed by atoms with E-state index in [0.717, 1.165) is 31.2 Å². The molecule has 1 unspecified atom stereocenters. The lowest BCUT2D eigenvalue weighted by atomic mass is 10.0. The summed E-state index contributed by atoms with van der Waals surface area (Å²) < 4.78 is 0. The Hall–Kier alpha value is -0.860. The molecule has 0 radical (unpaired) electrons. The Morgan fingerprint density at radius 2 is 1.41 bits per heavy atom. The van der Waals surface area contributed by atoms with Gasteiger partial charge in [-0.05, 0) is 18.4 Å². The second kappa shape index (κ2) is 9.20. The summed E-state index contributed by atoms with van der Waals surface area (Å²) in [5, 5.41) is 18.6. The van der Waals surface area contributed by atoms with Crippen molar-refractivity contribution in [3.63, 3.8) is 0 Å². The molecule has 0 bridgehead atoms. The average molecular weight is 236 g/mol. The summed E-state index contributed by atoms with van der Waals surface area (Å²) in [5.74, 6) is 0. The molecule has 1 rings (SSSR count). The van der Waals surface area contributed by atoms with E-state index in [4.69, 9.17) is 5.11 Å². The van der Waals surface area contributed by atoms with Crippen molar-refractivity contribution >= 4 is 0 Å². The van der Waals surface area contributed by atoms with Crippen molar-refractivity contribution in [3.8, 4) is 0 Å². The average Bonchev–Trinajstić information content (AvgIpc) is 2.38. The van der Waals surface area contributed by atoms with Crippen molar-refractivity contribution in [1.82, 2.24) is 0 Å². The number of aliphatic hydroxyl groups is 2. The molecule has 0 amide bonds. The molecular weight excluding hydrogens is 212 g/mol. The highest BCUT2D eigenvalue weighted by atomic mass is 16.3. The van der Waals surface area contributed by atoms with Gasteiger partial charge in [-0.1, -0.05) is 62.4 Å². The maximum atomic E-state index is 9.93. The van der Waals surface area contributed by atoms with Crippen LogP contribution in [0.3, 0.4) is 0 Å². The number of hydrogen-bond donors (Lipinski definition) is 2. The van der Waals surface area contributed by atoms with Gasteiger partial charge in [0.1, 0.15) is 0 Å². The standard InChI is InChI=1S/C15H24O2/c16-13-9-4-2-1-3-8-12-15(17)14-10-6-5-7-11-14/h5-7,10-11,15-17H,1-4,8-9,12-13H2. The van der Waals surface area contributed by atoms with Gasteiger partial charge in [0.2, 0.25) is 0 Å². The smallest absolute Gasteiger partial charge is 0.0790 e. The van der Waals surface area contributed by atoms with Gasteiger partial charge < -0.3 is 10.2 Å². The third-order valence-corrected chi connectivity index (χ3v) is 3.07. The van der Waals surface area contributed by atoms with Gasteiger partial charge in [0.25, 0.3) is 0 Å². The van der Waals surface area contributed by atoms with Gasteiger partial charge in [-0.2, -0.15) is 0 Å². The Bertz CT molecular complexity index is 272. The Morgan fingerprint density at radius 3 is 2.06 bits per heavy atom. The lowest BCUT2D eigenvalue weighted by Crippen LogP contribution is -1.96. The van der Waals surface area contributed by atoms with Crippen LogP contribution in [0.15, 0.2) is 30.3 Å². The quantitative estimate of drug-likeness (QED) is 0.645. The molecule has 0 saturated carbocycles. The predicted octanol–water partition coefficient (Wildman–Crippen LogP) is 3.44. The molecule has 17 heavy (non-hydrogen) atoms. The van der Waals surface area contributed by atoms with Crippen LogP contribution in [0.25, 0.3) is 0 Å². The molecule has 0 fully saturated rings. The first-order chi connectivity index (χ1) is 8.34. The highest BCUT2D eigenvalue weighted by Gasteiger charge is 2.05. The largest absolute Gasteiger partial charge is 0.396 e. The zero-order valence-corrected chi connectivity index (χ0v) is 10.5. The van der Waals surface area contributed by atoms with E-state index in [-0.39, 0.29) is 6.10 Å². The van der Waals surface area contributed by atoms with Crippen LogP contribution in [0.2, 0.25) is 0 Å². The second-order valence-electron chi connectivity index (χ2n) is 4.56. The van der Waals surface area contributed by atoms with E-state index in [2.05, 4.69) is 0 Å². The highest BCUT2D eigenvalue weighted by Crippen LogP contribution is 2.19. The molecule has 1 aromatic carbocycles. The fourth-order valence-corrected chi connectivity index (χ4v) is 2.00. The lowest BCUT2D eigenvalue weighted by molar-refractivity contribution is 0.163. The monoisotopic (exact) mass is 236 g/mol. The van der Waals surface area contributed by atoms with Crippen molar-refractivity contribution in [3.05, 3.63) is 35.9 Å². The van der Waals surface area contributed by atoms with Crippen LogP contribution >= 0.6 is 0 Å². The number of benzene rings is 1. The topological polar surface area (TPSA) is 40.5 Å². The minimum atomic E-state index is -0.311. The molecule has 0 aromatic heterocycles. The van der Waals surface area contributed by atoms with Crippen LogP contribution in [-0.4, -0.2) is 16.8 Å². The zero-order valence-electron chi connectivity index (χ0n) is 10.5. The minimum absolute atomic E-state index is 0.311. The molecule has 0 aliphatic heterocycles. The maximum Gasteiger partial charge on any atom is 0.0790 e. The highest BCUT2D eigenvalue weighted by molar-refractivity contribution is 5.16. The van der Waals surface area contributed by atoms with Gasteiger partial charge in [0.05, 0.1) is 6.10 Å². The first kappa shape index (κ1) is 14.2. The summed E-state index contributed by atoms with van der Waals surface area (Å²) in [6.07, 6.45) is 7.25. The van der Waals surface area contributed by atoms with E-state index in [1.807, 2.05) is 30.3 Å². The molecule has 2 N–H and O–H groups in total. The third kappa shape index (κ3) is 6.44. The van der Waals surface area contributed by atoms with E-state index in [1.54, 1.807) is 0 Å². The molecule has 96 valence electrons. The molecule has 1 atom stereocenters. The van der Waals surface area contributed by atoms with Gasteiger partial charge in [-0.15, -0.1) is 0 Å². The molecule has 2 heteroatoms. The minimum Gasteiger partial charge on any atom is -0.396 e. The summed E-state index contributed by atoms with van der Waals surface area (Å²) >= 11 is 0. The molecule has 0 saturated heterocycles. The number of rotatable bonds is 9. The van der Waals surface area contributed by atoms with Gasteiger partial charge in [0, 0.05) is 6.61 Å². The lowest BCUT2D eigenvalue weighted by Gasteiger charge is -2.10. The van der Waals surface area contributed by atoms with Crippen molar-refractivity contribution in [1.29, 1.82) is 0 Å². The van der Waals surface area contributed by atoms with Gasteiger partial charge in [-0.3, -0.25) is 0 Å². The van der Waals surface area contributed by atoms with Crippen LogP contribution in [0.1, 0.15) is 56.6 Å². The molecule has 1 aromatic rings. The van der Waals surface area contributed by atoms with E-state index in [9.17, 15) is 5.11 Å². The second-order valence-corrected chi connectivity index (χ2v) is 4.56. The Kier molecular flexibility index (Phi) is 7.69. The van der Waals surface area contributed by atoms with Crippen LogP contribution in [0, 0.1) is 0 Å². The molecule has 0 aliphatic carbocycles. The van der Waals surface area contributed by atoms with Gasteiger partial charge >= 0.3 is 0 Å². The zero-order chi connectivity index (χ0) is 12.3. The van der Waals surface area contributed by atoms with Crippen LogP contribution < -0.4 is 0 Å². The summed E-state index contributed by atoms with van der Waals surface area (Å²) in [4.78, 5) is 0. The Labute approximate surface area is 104 Å². The van der Waals surface area contributed by atoms with Crippen LogP contribution in [0.5, 0.6) is 0 Å². The van der Waals surface area contributed by atoms with E-state index < -0.39 is 0 Å². The van der Waals surface area contributed by atoms with Crippen LogP contribution in [0.4, 0.5) is 0 Å². The fourth-order valence-electron chi connectivity index (χ4n) is 2.00. The van der Waals surface area contributed by atoms with Crippen molar-refractivity contribution in [2.45, 2.75) is 51.0 Å². The first-order valence-corrected chi connectivity index (χ1v) is 6.68. The van der Waals surface area contributed by atoms with Crippen molar-refractivity contribution < 1.29 is 10.2 Å². The van der Waals surface area contributed by atoms with Crippen molar-refractivity contribution in [2.24, 2.45) is 0 Å². The third-order valence-electron chi connectivity index (χ3n) is 3.07. The summed E-state index contributed by atoms with van der Waals surface area (Å²) in [6.45, 7) is 0.312. The summed E-state index contributed by atoms with van der Waals surface area (Å²) in [6, 6.07) is 9.86. The molecule has 0 aliphatic rings. The SMILES string of the molecule is OCCCCCCCCC(O)c1ccccc1. The molecule has 0 spiro atoms. The molecule has 0 heterocycles. The van der Waals surface area contributed by atoms with Gasteiger partial charge in [-0.25, -0.2) is 0 Å². The van der Waals surface area contributed by atoms with Crippen LogP contribution in [-0.2, 0) is 0 Å². The van der Waals surface area contributed by atoms with Crippen molar-refractivity contribution in [2.75, 3.05) is 6.61 Å². The van der Waals surface area contributed by atoms with E-state index in [0.29, 0.717) is 6.61 Å². The Balaban J connectivity index is 2.03. The molecule has 2 nitrogen and oxygen atoms in total. The number of aliphatic hydroxyl groups excluding tert-OH is 2. The van der Waals surface area contributed by atoms with E-state index in [1.165, 1.54) is 19.3 Å². The normalized spacial score (nSPS) is 12.6. The van der Waals surface area contributed by atoms with E-state index >= 15 is 0 Å². The first-order valence-electron chi connectivity index (χ1n) is 6.68. The predicted molar refractivity (Wildman–Crippen MR) is 70.8 cm³/mol. The summed E-state index contributed by atoms with van der Waals surface area (Å²) in [7, 11) is 0. The number of hydrogen-bond acceptors (Lipinski definition) is 2. The maximum absolute atomic E-state index is 9.93. The molecular formula is C15H24O2. The van der Waals surface area contributed by atoms with Gasteiger partial charge in [0.15, 0.2) is 0 Å². The number of unbranched alkanes of at least 4 members (excludes halogenated alkanes) is 5.